The largest absolute Gasteiger partial charge is 1.00 e. The van der Waals surface area contributed by atoms with E-state index < -0.39 is 0 Å². The van der Waals surface area contributed by atoms with Crippen molar-refractivity contribution < 1.29 is 47.4 Å². The number of benzene rings is 2. The van der Waals surface area contributed by atoms with Gasteiger partial charge in [0.1, 0.15) is 12.3 Å². The van der Waals surface area contributed by atoms with Crippen LogP contribution in [0.2, 0.25) is 0 Å². The van der Waals surface area contributed by atoms with E-state index in [0.29, 0.717) is 17.2 Å². The fourth-order valence-electron chi connectivity index (χ4n) is 2.90. The standard InChI is InChI=1S/C22H30NO4.HI/c1-23(2,3)15-18(12-16-8-10-19(24-4)11-9-16)17-13-20(25-5)22(27-7)21(14-17)26-6;/h8-14H,15H2,1-7H3;1H/q+1;/p-1/b18-12-;. The van der Waals surface area contributed by atoms with Gasteiger partial charge in [-0.3, -0.25) is 0 Å². The van der Waals surface area contributed by atoms with Gasteiger partial charge in [0.05, 0.1) is 49.6 Å². The minimum atomic E-state index is 0. The highest BCUT2D eigenvalue weighted by atomic mass is 127. The summed E-state index contributed by atoms with van der Waals surface area (Å²) in [7, 11) is 13.0. The average molecular weight is 499 g/mol. The molecule has 0 atom stereocenters. The molecule has 0 unspecified atom stereocenters. The number of nitrogens with zero attached hydrogens (tertiary/aromatic N) is 1. The summed E-state index contributed by atoms with van der Waals surface area (Å²) >= 11 is 0. The molecule has 0 saturated carbocycles. The molecule has 0 amide bonds. The summed E-state index contributed by atoms with van der Waals surface area (Å²) in [6.07, 6.45) is 2.18. The Kier molecular flexibility index (Phi) is 9.10. The lowest BCUT2D eigenvalue weighted by Gasteiger charge is -2.26. The average Bonchev–Trinajstić information content (AvgIpc) is 2.65. The van der Waals surface area contributed by atoms with Gasteiger partial charge in [-0.2, -0.15) is 0 Å². The molecule has 2 aromatic rings. The lowest BCUT2D eigenvalue weighted by Crippen LogP contribution is -3.00. The van der Waals surface area contributed by atoms with E-state index in [4.69, 9.17) is 18.9 Å². The first-order valence-corrected chi connectivity index (χ1v) is 8.76. The molecule has 2 aromatic carbocycles. The first-order chi connectivity index (χ1) is 12.8. The van der Waals surface area contributed by atoms with Crippen molar-refractivity contribution in [3.63, 3.8) is 0 Å². The summed E-state index contributed by atoms with van der Waals surface area (Å²) in [5.74, 6) is 2.73. The van der Waals surface area contributed by atoms with Crippen LogP contribution in [-0.2, 0) is 0 Å². The van der Waals surface area contributed by atoms with Gasteiger partial charge in [-0.05, 0) is 41.5 Å². The lowest BCUT2D eigenvalue weighted by molar-refractivity contribution is -0.862. The zero-order chi connectivity index (χ0) is 20.0. The molecule has 0 aromatic heterocycles. The summed E-state index contributed by atoms with van der Waals surface area (Å²) in [5, 5.41) is 0. The van der Waals surface area contributed by atoms with E-state index in [1.54, 1.807) is 28.4 Å². The van der Waals surface area contributed by atoms with E-state index >= 15 is 0 Å². The van der Waals surface area contributed by atoms with Gasteiger partial charge in [-0.25, -0.2) is 0 Å². The molecule has 0 radical (unpaired) electrons. The van der Waals surface area contributed by atoms with Crippen LogP contribution in [0.25, 0.3) is 11.6 Å². The van der Waals surface area contributed by atoms with Crippen LogP contribution in [0.3, 0.4) is 0 Å². The number of hydrogen-bond donors (Lipinski definition) is 0. The van der Waals surface area contributed by atoms with Gasteiger partial charge in [-0.15, -0.1) is 0 Å². The smallest absolute Gasteiger partial charge is 0.203 e. The van der Waals surface area contributed by atoms with Crippen LogP contribution in [0.5, 0.6) is 23.0 Å². The van der Waals surface area contributed by atoms with Gasteiger partial charge < -0.3 is 47.4 Å². The molecule has 0 aliphatic rings. The van der Waals surface area contributed by atoms with Crippen molar-refractivity contribution in [2.45, 2.75) is 0 Å². The third-order valence-electron chi connectivity index (χ3n) is 4.14. The fraction of sp³-hybridized carbons (Fsp3) is 0.364. The second-order valence-corrected chi connectivity index (χ2v) is 7.31. The van der Waals surface area contributed by atoms with Crippen LogP contribution in [0.1, 0.15) is 11.1 Å². The van der Waals surface area contributed by atoms with Gasteiger partial charge in [0.15, 0.2) is 11.5 Å². The second kappa shape index (κ2) is 10.6. The summed E-state index contributed by atoms with van der Waals surface area (Å²) in [4.78, 5) is 0. The van der Waals surface area contributed by atoms with Crippen LogP contribution in [0.15, 0.2) is 36.4 Å². The van der Waals surface area contributed by atoms with Gasteiger partial charge in [-0.1, -0.05) is 12.1 Å². The summed E-state index contributed by atoms with van der Waals surface area (Å²) in [6.45, 7) is 0.838. The van der Waals surface area contributed by atoms with Crippen LogP contribution in [-0.4, -0.2) is 60.6 Å². The van der Waals surface area contributed by atoms with E-state index in [2.05, 4.69) is 27.2 Å². The maximum atomic E-state index is 5.53. The minimum absolute atomic E-state index is 0. The molecule has 0 aliphatic carbocycles. The molecule has 0 fully saturated rings. The van der Waals surface area contributed by atoms with E-state index in [1.807, 2.05) is 36.4 Å². The summed E-state index contributed by atoms with van der Waals surface area (Å²) in [5.41, 5.74) is 3.31. The number of rotatable bonds is 8. The second-order valence-electron chi connectivity index (χ2n) is 7.31. The molecule has 154 valence electrons. The van der Waals surface area contributed by atoms with Crippen molar-refractivity contribution in [2.24, 2.45) is 0 Å². The van der Waals surface area contributed by atoms with E-state index in [9.17, 15) is 0 Å². The molecule has 0 bridgehead atoms. The van der Waals surface area contributed by atoms with Crippen molar-refractivity contribution in [1.82, 2.24) is 0 Å². The first kappa shape index (κ1) is 24.1. The Bertz CT molecular complexity index is 770. The maximum absolute atomic E-state index is 5.53. The number of halogens is 1. The van der Waals surface area contributed by atoms with Crippen molar-refractivity contribution in [2.75, 3.05) is 56.1 Å². The number of quaternary nitrogens is 1. The molecule has 0 heterocycles. The van der Waals surface area contributed by atoms with Crippen molar-refractivity contribution in [1.29, 1.82) is 0 Å². The monoisotopic (exact) mass is 499 g/mol. The molecular formula is C22H30INO4. The molecule has 6 heteroatoms. The SMILES string of the molecule is COc1ccc(/C=C(/C[N+](C)(C)C)c2cc(OC)c(OC)c(OC)c2)cc1.[I-]. The van der Waals surface area contributed by atoms with Crippen molar-refractivity contribution in [3.8, 4) is 23.0 Å². The topological polar surface area (TPSA) is 36.9 Å². The Morgan fingerprint density at radius 2 is 1.36 bits per heavy atom. The Balaban J connectivity index is 0.00000392. The third-order valence-corrected chi connectivity index (χ3v) is 4.14. The van der Waals surface area contributed by atoms with Crippen LogP contribution in [0.4, 0.5) is 0 Å². The van der Waals surface area contributed by atoms with Gasteiger partial charge >= 0.3 is 0 Å². The normalized spacial score (nSPS) is 11.5. The molecular weight excluding hydrogens is 469 g/mol. The van der Waals surface area contributed by atoms with Crippen LogP contribution >= 0.6 is 0 Å². The molecule has 0 saturated heterocycles. The molecule has 0 N–H and O–H groups in total. The summed E-state index contributed by atoms with van der Waals surface area (Å²) in [6, 6.07) is 12.0. The maximum Gasteiger partial charge on any atom is 0.203 e. The van der Waals surface area contributed by atoms with E-state index in [0.717, 1.165) is 27.9 Å². The highest BCUT2D eigenvalue weighted by molar-refractivity contribution is 5.84. The van der Waals surface area contributed by atoms with Gasteiger partial charge in [0, 0.05) is 5.57 Å². The van der Waals surface area contributed by atoms with E-state index in [-0.39, 0.29) is 24.0 Å². The number of ether oxygens (including phenoxy) is 4. The number of likely N-dealkylation sites (N-methyl/N-ethyl adjacent to an activating group) is 1. The Morgan fingerprint density at radius 1 is 0.821 bits per heavy atom. The Morgan fingerprint density at radius 3 is 1.75 bits per heavy atom. The molecule has 5 nitrogen and oxygen atoms in total. The Hall–Kier alpha value is -1.93. The van der Waals surface area contributed by atoms with Gasteiger partial charge in [0.25, 0.3) is 0 Å². The number of methoxy groups -OCH3 is 4. The molecule has 2 rings (SSSR count). The lowest BCUT2D eigenvalue weighted by atomic mass is 10.0. The molecule has 0 aliphatic heterocycles. The predicted molar refractivity (Wildman–Crippen MR) is 110 cm³/mol. The number of hydrogen-bond acceptors (Lipinski definition) is 4. The van der Waals surface area contributed by atoms with Crippen molar-refractivity contribution >= 4 is 11.6 Å². The van der Waals surface area contributed by atoms with E-state index in [1.165, 1.54) is 5.57 Å². The molecule has 0 spiro atoms. The first-order valence-electron chi connectivity index (χ1n) is 8.76. The highest BCUT2D eigenvalue weighted by Gasteiger charge is 2.19. The van der Waals surface area contributed by atoms with Gasteiger partial charge in [0.2, 0.25) is 5.75 Å². The zero-order valence-corrected chi connectivity index (χ0v) is 19.9. The van der Waals surface area contributed by atoms with Crippen LogP contribution in [0, 0.1) is 0 Å². The van der Waals surface area contributed by atoms with Crippen LogP contribution < -0.4 is 42.9 Å². The summed E-state index contributed by atoms with van der Waals surface area (Å²) < 4.78 is 22.5. The minimum Gasteiger partial charge on any atom is -1.00 e. The quantitative estimate of drug-likeness (QED) is 0.308. The molecule has 28 heavy (non-hydrogen) atoms. The third kappa shape index (κ3) is 6.31. The Labute approximate surface area is 185 Å². The highest BCUT2D eigenvalue weighted by Crippen LogP contribution is 2.40. The van der Waals surface area contributed by atoms with Crippen molar-refractivity contribution in [3.05, 3.63) is 47.5 Å². The predicted octanol–water partition coefficient (Wildman–Crippen LogP) is 0.972. The fourth-order valence-corrected chi connectivity index (χ4v) is 2.90. The zero-order valence-electron chi connectivity index (χ0n) is 17.7.